The van der Waals surface area contributed by atoms with E-state index in [0.717, 1.165) is 0 Å². The summed E-state index contributed by atoms with van der Waals surface area (Å²) < 4.78 is 0. The third-order valence-corrected chi connectivity index (χ3v) is 52.0. The largest absolute Gasteiger partial charge is 0.0538 e. The summed E-state index contributed by atoms with van der Waals surface area (Å²) in [5.74, 6) is 0. The van der Waals surface area contributed by atoms with Gasteiger partial charge in [0.05, 0.1) is 0 Å². The summed E-state index contributed by atoms with van der Waals surface area (Å²) >= 11 is 0. The van der Waals surface area contributed by atoms with Gasteiger partial charge in [0.1, 0.15) is 0 Å². The van der Waals surface area contributed by atoms with Crippen LogP contribution >= 0.6 is 0 Å². The molecule has 0 radical (unpaired) electrons. The Kier molecular flexibility index (Phi) is 9.05. The molecule has 0 N–H and O–H groups in total. The van der Waals surface area contributed by atoms with Gasteiger partial charge < -0.3 is 0 Å². The molecule has 0 unspecified atom stereocenters. The van der Waals surface area contributed by atoms with E-state index in [1.807, 2.05) is 0 Å². The Hall–Kier alpha value is 0.868. The summed E-state index contributed by atoms with van der Waals surface area (Å²) in [5, 5.41) is 0. The Morgan fingerprint density at radius 2 is 0.643 bits per heavy atom. The van der Waals surface area contributed by atoms with E-state index < -0.39 is 6.63 Å². The van der Waals surface area contributed by atoms with E-state index in [1.165, 1.54) is 22.2 Å². The maximum Gasteiger partial charge on any atom is 0.0219 e. The monoisotopic (exact) mass is 450 g/mol. The quantitative estimate of drug-likeness (QED) is 0.416. The molecule has 4 saturated carbocycles. The Balaban J connectivity index is 1.55. The third-order valence-electron chi connectivity index (χ3n) is 9.73. The molecule has 4 heteroatoms. The van der Waals surface area contributed by atoms with Crippen molar-refractivity contribution in [2.75, 3.05) is 0 Å². The predicted molar refractivity (Wildman–Crippen MR) is 139 cm³/mol. The molecule has 0 aromatic carbocycles. The molecule has 4 aliphatic rings. The Morgan fingerprint density at radius 3 is 0.964 bits per heavy atom. The van der Waals surface area contributed by atoms with E-state index in [0.29, 0.717) is 27.1 Å². The Morgan fingerprint density at radius 1 is 0.357 bits per heavy atom. The maximum absolute atomic E-state index is 1.76. The lowest BCUT2D eigenvalue weighted by atomic mass is 10.0. The van der Waals surface area contributed by atoms with Crippen LogP contribution in [0.25, 0.3) is 0 Å². The number of hydrogen-bond acceptors (Lipinski definition) is 0. The topological polar surface area (TPSA) is 0 Å². The van der Waals surface area contributed by atoms with Crippen molar-refractivity contribution in [3.8, 4) is 0 Å². The maximum atomic E-state index is 1.76. The van der Waals surface area contributed by atoms with E-state index in [-0.39, 0.29) is 0 Å². The van der Waals surface area contributed by atoms with Crippen LogP contribution < -0.4 is 0 Å². The first kappa shape index (κ1) is 22.1. The van der Waals surface area contributed by atoms with E-state index in [4.69, 9.17) is 0 Å². The summed E-state index contributed by atoms with van der Waals surface area (Å²) in [6, 6.07) is 0. The fourth-order valence-electron chi connectivity index (χ4n) is 8.36. The van der Waals surface area contributed by atoms with E-state index in [2.05, 4.69) is 0 Å². The van der Waals surface area contributed by atoms with Crippen LogP contribution in [0.4, 0.5) is 0 Å². The van der Waals surface area contributed by atoms with Gasteiger partial charge in [0.15, 0.2) is 0 Å². The molecule has 0 aromatic heterocycles. The fraction of sp³-hybridized carbons (Fsp3) is 1.00. The highest BCUT2D eigenvalue weighted by molar-refractivity contribution is 7.71. The second-order valence-corrected chi connectivity index (χ2v) is 45.4. The SMILES string of the molecule is C1CCC([SiH2][Si]([SiH2]C2CCCCC2)([SiH2]C2CCCCC2)C2CCCCC2)CC1. The molecule has 0 nitrogen and oxygen atoms in total. The van der Waals surface area contributed by atoms with Gasteiger partial charge in [-0.2, -0.15) is 0 Å². The average Bonchev–Trinajstić information content (AvgIpc) is 2.76. The lowest BCUT2D eigenvalue weighted by Crippen LogP contribution is -2.62. The van der Waals surface area contributed by atoms with Crippen molar-refractivity contribution in [3.63, 3.8) is 0 Å². The minimum absolute atomic E-state index is 0.300. The first-order valence-corrected chi connectivity index (χ1v) is 25.4. The van der Waals surface area contributed by atoms with Crippen LogP contribution in [0.3, 0.4) is 0 Å². The number of rotatable bonds is 7. The minimum atomic E-state index is -0.740. The van der Waals surface area contributed by atoms with Gasteiger partial charge in [0.25, 0.3) is 0 Å². The third kappa shape index (κ3) is 6.20. The van der Waals surface area contributed by atoms with Crippen molar-refractivity contribution in [1.29, 1.82) is 0 Å². The predicted octanol–water partition coefficient (Wildman–Crippen LogP) is 6.02. The van der Waals surface area contributed by atoms with Crippen molar-refractivity contribution in [2.45, 2.75) is 151 Å². The summed E-state index contributed by atoms with van der Waals surface area (Å²) in [6.45, 7) is -0.740. The van der Waals surface area contributed by atoms with Crippen LogP contribution in [0.15, 0.2) is 0 Å². The second-order valence-electron chi connectivity index (χ2n) is 11.8. The zero-order valence-corrected chi connectivity index (χ0v) is 24.3. The van der Waals surface area contributed by atoms with Crippen LogP contribution in [0.1, 0.15) is 128 Å². The summed E-state index contributed by atoms with van der Waals surface area (Å²) in [6.07, 6.45) is 33.2. The zero-order valence-electron chi connectivity index (χ0n) is 19.1. The molecule has 0 aromatic rings. The lowest BCUT2D eigenvalue weighted by Gasteiger charge is -2.48. The molecule has 0 bridgehead atoms. The molecule has 4 aliphatic carbocycles. The van der Waals surface area contributed by atoms with Crippen molar-refractivity contribution in [2.24, 2.45) is 0 Å². The second kappa shape index (κ2) is 11.5. The molecule has 0 saturated heterocycles. The van der Waals surface area contributed by atoms with Crippen LogP contribution in [0.5, 0.6) is 0 Å². The van der Waals surface area contributed by atoms with Crippen LogP contribution in [-0.2, 0) is 0 Å². The molecule has 0 atom stereocenters. The molecule has 0 heterocycles. The minimum Gasteiger partial charge on any atom is -0.0538 e. The molecule has 0 aliphatic heterocycles. The van der Waals surface area contributed by atoms with Gasteiger partial charge in [0.2, 0.25) is 0 Å². The molecular formula is C24H50Si4. The van der Waals surface area contributed by atoms with Crippen LogP contribution in [-0.4, -0.2) is 33.7 Å². The molecule has 0 amide bonds. The molecule has 4 rings (SSSR count). The van der Waals surface area contributed by atoms with Gasteiger partial charge >= 0.3 is 0 Å². The van der Waals surface area contributed by atoms with E-state index in [9.17, 15) is 0 Å². The van der Waals surface area contributed by atoms with Crippen LogP contribution in [0.2, 0.25) is 22.2 Å². The Labute approximate surface area is 184 Å². The van der Waals surface area contributed by atoms with Crippen molar-refractivity contribution < 1.29 is 0 Å². The van der Waals surface area contributed by atoms with Gasteiger partial charge in [-0.1, -0.05) is 151 Å². The van der Waals surface area contributed by atoms with E-state index in [1.54, 1.807) is 128 Å². The van der Waals surface area contributed by atoms with Gasteiger partial charge in [-0.25, -0.2) is 0 Å². The first-order valence-electron chi connectivity index (χ1n) is 13.8. The average molecular weight is 451 g/mol. The Bertz CT molecular complexity index is 380. The first-order chi connectivity index (χ1) is 13.8. The number of hydrogen-bond donors (Lipinski definition) is 0. The van der Waals surface area contributed by atoms with Crippen molar-refractivity contribution in [3.05, 3.63) is 0 Å². The van der Waals surface area contributed by atoms with Gasteiger partial charge in [-0.3, -0.25) is 0 Å². The van der Waals surface area contributed by atoms with Crippen molar-refractivity contribution in [1.82, 2.24) is 0 Å². The van der Waals surface area contributed by atoms with E-state index >= 15 is 0 Å². The summed E-state index contributed by atoms with van der Waals surface area (Å²) in [5.41, 5.74) is 5.48. The smallest absolute Gasteiger partial charge is 0.0219 e. The van der Waals surface area contributed by atoms with Crippen molar-refractivity contribution >= 4 is 33.7 Å². The zero-order chi connectivity index (χ0) is 19.1. The molecule has 28 heavy (non-hydrogen) atoms. The molecule has 4 fully saturated rings. The fourth-order valence-corrected chi connectivity index (χ4v) is 66.6. The molecular weight excluding hydrogens is 401 g/mol. The standard InChI is InChI=1S/C24H50Si4/c1-5-13-21(14-6-1)25-28(24-19-11-4-12-20-24,26-22-15-7-2-8-16-22)27-23-17-9-3-10-18-23/h21-24H,1-20,25-27H2. The highest BCUT2D eigenvalue weighted by atomic mass is 29.9. The van der Waals surface area contributed by atoms with Gasteiger partial charge in [0, 0.05) is 33.7 Å². The van der Waals surface area contributed by atoms with Gasteiger partial charge in [-0.05, 0) is 0 Å². The molecule has 162 valence electrons. The molecule has 0 spiro atoms. The normalized spacial score (nSPS) is 30.9. The summed E-state index contributed by atoms with van der Waals surface area (Å²) in [4.78, 5) is 0. The van der Waals surface area contributed by atoms with Crippen LogP contribution in [0, 0.1) is 0 Å². The summed E-state index contributed by atoms with van der Waals surface area (Å²) in [7, 11) is 0.900. The lowest BCUT2D eigenvalue weighted by molar-refractivity contribution is 0.488. The highest BCUT2D eigenvalue weighted by Gasteiger charge is 2.46. The van der Waals surface area contributed by atoms with Gasteiger partial charge in [-0.15, -0.1) is 0 Å². The highest BCUT2D eigenvalue weighted by Crippen LogP contribution is 2.44.